The molecule has 1 N–H and O–H groups in total. The lowest BCUT2D eigenvalue weighted by molar-refractivity contribution is -0.112. The first-order valence-electron chi connectivity index (χ1n) is 7.82. The lowest BCUT2D eigenvalue weighted by Crippen LogP contribution is -2.36. The molecule has 1 aliphatic heterocycles. The number of amides is 1. The van der Waals surface area contributed by atoms with E-state index in [9.17, 15) is 9.59 Å². The topological polar surface area (TPSA) is 49.4 Å². The van der Waals surface area contributed by atoms with E-state index in [1.54, 1.807) is 6.07 Å². The molecule has 1 aromatic carbocycles. The van der Waals surface area contributed by atoms with E-state index in [0.29, 0.717) is 23.2 Å². The van der Waals surface area contributed by atoms with Crippen LogP contribution in [0.3, 0.4) is 0 Å². The van der Waals surface area contributed by atoms with E-state index >= 15 is 0 Å². The quantitative estimate of drug-likeness (QED) is 0.865. The summed E-state index contributed by atoms with van der Waals surface area (Å²) in [6, 6.07) is 6.31. The van der Waals surface area contributed by atoms with Crippen molar-refractivity contribution in [1.82, 2.24) is 0 Å². The molecule has 4 heteroatoms. The molecule has 0 radical (unpaired) electrons. The normalized spacial score (nSPS) is 18.2. The predicted octanol–water partition coefficient (Wildman–Crippen LogP) is 3.23. The van der Waals surface area contributed by atoms with Crippen LogP contribution >= 0.6 is 0 Å². The Morgan fingerprint density at radius 1 is 1.24 bits per heavy atom. The Hall–Kier alpha value is -1.84. The number of nitrogens with one attached hydrogen (secondary N) is 1. The van der Waals surface area contributed by atoms with E-state index in [-0.39, 0.29) is 0 Å². The number of fused-ring (bicyclic) bond motifs is 1. The van der Waals surface area contributed by atoms with E-state index in [1.165, 1.54) is 25.7 Å². The third-order valence-corrected chi connectivity index (χ3v) is 4.36. The Morgan fingerprint density at radius 3 is 2.62 bits per heavy atom. The van der Waals surface area contributed by atoms with Gasteiger partial charge in [0.15, 0.2) is 0 Å². The molecule has 0 atom stereocenters. The van der Waals surface area contributed by atoms with Crippen LogP contribution in [0.5, 0.6) is 0 Å². The van der Waals surface area contributed by atoms with E-state index in [1.807, 2.05) is 12.1 Å². The van der Waals surface area contributed by atoms with Crippen LogP contribution in [0.15, 0.2) is 18.2 Å². The summed E-state index contributed by atoms with van der Waals surface area (Å²) < 4.78 is 0. The monoisotopic (exact) mass is 286 g/mol. The fourth-order valence-corrected chi connectivity index (χ4v) is 3.39. The fourth-order valence-electron chi connectivity index (χ4n) is 3.39. The van der Waals surface area contributed by atoms with Gasteiger partial charge < -0.3 is 10.2 Å². The summed E-state index contributed by atoms with van der Waals surface area (Å²) >= 11 is 0. The minimum Gasteiger partial charge on any atom is -0.368 e. The lowest BCUT2D eigenvalue weighted by Gasteiger charge is -2.33. The maximum atomic E-state index is 11.7. The molecule has 112 valence electrons. The van der Waals surface area contributed by atoms with Crippen molar-refractivity contribution in [3.63, 3.8) is 0 Å². The van der Waals surface area contributed by atoms with Gasteiger partial charge in [0, 0.05) is 18.3 Å². The van der Waals surface area contributed by atoms with Crippen molar-refractivity contribution in [1.29, 1.82) is 0 Å². The van der Waals surface area contributed by atoms with Crippen LogP contribution in [0.1, 0.15) is 49.9 Å². The van der Waals surface area contributed by atoms with Crippen LogP contribution in [-0.4, -0.2) is 24.3 Å². The number of anilines is 2. The first-order chi connectivity index (χ1) is 10.1. The zero-order valence-electron chi connectivity index (χ0n) is 12.7. The van der Waals surface area contributed by atoms with Crippen LogP contribution in [0.4, 0.5) is 11.4 Å². The number of nitrogens with zero attached hydrogens (tertiary/aromatic N) is 1. The van der Waals surface area contributed by atoms with Gasteiger partial charge in [0.1, 0.15) is 0 Å². The molecular formula is C17H22N2O2. The van der Waals surface area contributed by atoms with Crippen LogP contribution in [-0.2, 0) is 4.79 Å². The number of benzene rings is 1. The largest absolute Gasteiger partial charge is 0.368 e. The van der Waals surface area contributed by atoms with Gasteiger partial charge in [-0.1, -0.05) is 26.7 Å². The van der Waals surface area contributed by atoms with Crippen molar-refractivity contribution in [2.45, 2.75) is 45.6 Å². The molecule has 1 amide bonds. The van der Waals surface area contributed by atoms with E-state index in [4.69, 9.17) is 0 Å². The number of carbonyl (C=O) groups excluding carboxylic acids is 2. The van der Waals surface area contributed by atoms with Crippen molar-refractivity contribution >= 4 is 23.1 Å². The minimum absolute atomic E-state index is 0.423. The van der Waals surface area contributed by atoms with Crippen molar-refractivity contribution in [3.05, 3.63) is 23.8 Å². The molecule has 0 spiro atoms. The fraction of sp³-hybridized carbons (Fsp3) is 0.529. The zero-order chi connectivity index (χ0) is 15.0. The summed E-state index contributed by atoms with van der Waals surface area (Å²) in [5.74, 6) is -0.360. The average Bonchev–Trinajstić information content (AvgIpc) is 3.05. The van der Waals surface area contributed by atoms with Gasteiger partial charge in [-0.3, -0.25) is 9.59 Å². The summed E-state index contributed by atoms with van der Waals surface area (Å²) in [5.41, 5.74) is 2.28. The van der Waals surface area contributed by atoms with Gasteiger partial charge in [0.2, 0.25) is 0 Å². The molecule has 21 heavy (non-hydrogen) atoms. The average molecular weight is 286 g/mol. The molecule has 4 nitrogen and oxygen atoms in total. The molecule has 1 aromatic rings. The number of hydrogen-bond donors (Lipinski definition) is 1. The summed E-state index contributed by atoms with van der Waals surface area (Å²) in [7, 11) is 0. The predicted molar refractivity (Wildman–Crippen MR) is 83.8 cm³/mol. The van der Waals surface area contributed by atoms with Gasteiger partial charge in [-0.15, -0.1) is 0 Å². The van der Waals surface area contributed by atoms with E-state index in [2.05, 4.69) is 24.1 Å². The number of ketones is 1. The Morgan fingerprint density at radius 2 is 1.95 bits per heavy atom. The van der Waals surface area contributed by atoms with Gasteiger partial charge >= 0.3 is 0 Å². The molecule has 1 fully saturated rings. The highest BCUT2D eigenvalue weighted by molar-refractivity contribution is 6.51. The van der Waals surface area contributed by atoms with Crippen molar-refractivity contribution < 1.29 is 9.59 Å². The molecule has 1 heterocycles. The number of carbonyl (C=O) groups is 2. The Kier molecular flexibility index (Phi) is 3.70. The van der Waals surface area contributed by atoms with Gasteiger partial charge in [-0.25, -0.2) is 0 Å². The summed E-state index contributed by atoms with van der Waals surface area (Å²) in [6.45, 7) is 5.45. The number of Topliss-reactive ketones (excluding diaryl/α,β-unsaturated/α-hetero) is 1. The molecule has 0 saturated heterocycles. The third-order valence-electron chi connectivity index (χ3n) is 4.36. The van der Waals surface area contributed by atoms with Crippen LogP contribution in [0.25, 0.3) is 0 Å². The second kappa shape index (κ2) is 5.51. The second-order valence-corrected chi connectivity index (χ2v) is 6.50. The SMILES string of the molecule is CC(C)CN(c1ccc2c(c1)NC(=O)C2=O)C1CCCC1. The molecule has 0 unspecified atom stereocenters. The number of rotatable bonds is 4. The van der Waals surface area contributed by atoms with Gasteiger partial charge in [0.25, 0.3) is 11.7 Å². The molecule has 0 aromatic heterocycles. The molecule has 1 saturated carbocycles. The van der Waals surface area contributed by atoms with Crippen LogP contribution < -0.4 is 10.2 Å². The first-order valence-corrected chi connectivity index (χ1v) is 7.82. The molecule has 0 bridgehead atoms. The van der Waals surface area contributed by atoms with Crippen LogP contribution in [0.2, 0.25) is 0 Å². The van der Waals surface area contributed by atoms with Gasteiger partial charge in [-0.2, -0.15) is 0 Å². The summed E-state index contributed by atoms with van der Waals surface area (Å²) in [6.07, 6.45) is 5.04. The van der Waals surface area contributed by atoms with Crippen LogP contribution in [0, 0.1) is 5.92 Å². The molecule has 2 aliphatic rings. The smallest absolute Gasteiger partial charge is 0.296 e. The van der Waals surface area contributed by atoms with Gasteiger partial charge in [0.05, 0.1) is 11.3 Å². The van der Waals surface area contributed by atoms with Gasteiger partial charge in [-0.05, 0) is 37.0 Å². The highest BCUT2D eigenvalue weighted by atomic mass is 16.2. The second-order valence-electron chi connectivity index (χ2n) is 6.50. The third kappa shape index (κ3) is 2.67. The first kappa shape index (κ1) is 14.1. The molecular weight excluding hydrogens is 264 g/mol. The zero-order valence-corrected chi connectivity index (χ0v) is 12.7. The van der Waals surface area contributed by atoms with Crippen molar-refractivity contribution in [2.24, 2.45) is 5.92 Å². The highest BCUT2D eigenvalue weighted by Gasteiger charge is 2.30. The van der Waals surface area contributed by atoms with E-state index < -0.39 is 11.7 Å². The summed E-state index contributed by atoms with van der Waals surface area (Å²) in [4.78, 5) is 25.6. The maximum absolute atomic E-state index is 11.7. The Bertz CT molecular complexity index is 574. The minimum atomic E-state index is -0.515. The Labute approximate surface area is 125 Å². The summed E-state index contributed by atoms with van der Waals surface area (Å²) in [5, 5.41) is 2.67. The van der Waals surface area contributed by atoms with E-state index in [0.717, 1.165) is 12.2 Å². The molecule has 1 aliphatic carbocycles. The highest BCUT2D eigenvalue weighted by Crippen LogP contribution is 2.33. The maximum Gasteiger partial charge on any atom is 0.296 e. The molecule has 3 rings (SSSR count). The number of hydrogen-bond acceptors (Lipinski definition) is 3. The van der Waals surface area contributed by atoms with Crippen molar-refractivity contribution in [2.75, 3.05) is 16.8 Å². The lowest BCUT2D eigenvalue weighted by atomic mass is 10.1. The standard InChI is InChI=1S/C17H22N2O2/c1-11(2)10-19(12-5-3-4-6-12)13-7-8-14-15(9-13)18-17(21)16(14)20/h7-9,11-12H,3-6,10H2,1-2H3,(H,18,20,21). The van der Waals surface area contributed by atoms with Crippen molar-refractivity contribution in [3.8, 4) is 0 Å². The Balaban J connectivity index is 1.91.